The maximum Gasteiger partial charge on any atom is 0.268 e. The summed E-state index contributed by atoms with van der Waals surface area (Å²) in [5, 5.41) is 8.94. The molecule has 0 spiro atoms. The van der Waals surface area contributed by atoms with E-state index in [-0.39, 0.29) is 19.0 Å². The zero-order valence-corrected chi connectivity index (χ0v) is 16.1. The highest BCUT2D eigenvalue weighted by Gasteiger charge is 2.21. The normalized spacial score (nSPS) is 23.4. The molecule has 0 saturated carbocycles. The van der Waals surface area contributed by atoms with Crippen LogP contribution in [0.1, 0.15) is 26.2 Å². The van der Waals surface area contributed by atoms with E-state index in [1.54, 1.807) is 0 Å². The topological polar surface area (TPSA) is 70.1 Å². The molecule has 1 N–H and O–H groups in total. The van der Waals surface area contributed by atoms with Crippen LogP contribution in [0, 0.1) is 5.92 Å². The maximum absolute atomic E-state index is 12.1. The van der Waals surface area contributed by atoms with Gasteiger partial charge in [0, 0.05) is 39.3 Å². The van der Waals surface area contributed by atoms with E-state index in [4.69, 9.17) is 9.29 Å². The number of hydrogen-bond acceptors (Lipinski definition) is 6. The number of β-amino-alcohol motifs (C(OH)–C–C–N with tert-alkyl or cyclic N) is 1. The number of aliphatic hydroxyl groups excluding tert-OH is 1. The molecule has 1 saturated heterocycles. The lowest BCUT2D eigenvalue weighted by Crippen LogP contribution is -2.48. The van der Waals surface area contributed by atoms with Crippen molar-refractivity contribution in [3.05, 3.63) is 23.8 Å². The molecule has 6 nitrogen and oxygen atoms in total. The fraction of sp³-hybridized carbons (Fsp3) is 0.778. The summed E-state index contributed by atoms with van der Waals surface area (Å²) >= 11 is 0. The summed E-state index contributed by atoms with van der Waals surface area (Å²) in [4.78, 5) is 4.33. The molecule has 0 aromatic heterocycles. The third-order valence-corrected chi connectivity index (χ3v) is 6.32. The fourth-order valence-corrected chi connectivity index (χ4v) is 4.24. The Morgan fingerprint density at radius 3 is 2.44 bits per heavy atom. The van der Waals surface area contributed by atoms with Gasteiger partial charge < -0.3 is 5.11 Å². The van der Waals surface area contributed by atoms with Crippen LogP contribution < -0.4 is 0 Å². The first kappa shape index (κ1) is 20.6. The number of piperazine rings is 1. The Bertz CT molecular complexity index is 566. The van der Waals surface area contributed by atoms with Gasteiger partial charge in [-0.05, 0) is 37.7 Å². The predicted molar refractivity (Wildman–Crippen MR) is 99.9 cm³/mol. The van der Waals surface area contributed by atoms with Gasteiger partial charge in [-0.25, -0.2) is 0 Å². The van der Waals surface area contributed by atoms with Gasteiger partial charge in [0.05, 0.1) is 19.0 Å². The van der Waals surface area contributed by atoms with Gasteiger partial charge >= 0.3 is 0 Å². The quantitative estimate of drug-likeness (QED) is 0.485. The van der Waals surface area contributed by atoms with Gasteiger partial charge in [-0.1, -0.05) is 18.2 Å². The first-order valence-electron chi connectivity index (χ1n) is 9.15. The summed E-state index contributed by atoms with van der Waals surface area (Å²) in [6.45, 7) is 11.0. The van der Waals surface area contributed by atoms with E-state index in [0.29, 0.717) is 19.0 Å². The van der Waals surface area contributed by atoms with Crippen molar-refractivity contribution in [1.82, 2.24) is 9.80 Å². The Kier molecular flexibility index (Phi) is 8.09. The van der Waals surface area contributed by atoms with E-state index >= 15 is 0 Å². The van der Waals surface area contributed by atoms with Gasteiger partial charge in [-0.2, -0.15) is 8.42 Å². The van der Waals surface area contributed by atoms with Crippen LogP contribution in [0.4, 0.5) is 0 Å². The van der Waals surface area contributed by atoms with Gasteiger partial charge in [0.15, 0.2) is 0 Å². The minimum atomic E-state index is -3.49. The molecule has 0 bridgehead atoms. The lowest BCUT2D eigenvalue weighted by atomic mass is 9.86. The van der Waals surface area contributed by atoms with Gasteiger partial charge in [-0.3, -0.25) is 14.0 Å². The number of rotatable bonds is 9. The summed E-state index contributed by atoms with van der Waals surface area (Å²) in [6.07, 6.45) is 4.97. The maximum atomic E-state index is 12.1. The second-order valence-electron chi connectivity index (χ2n) is 7.11. The van der Waals surface area contributed by atoms with E-state index in [1.165, 1.54) is 5.57 Å². The molecule has 144 valence electrons. The summed E-state index contributed by atoms with van der Waals surface area (Å²) < 4.78 is 29.5. The van der Waals surface area contributed by atoms with Crippen molar-refractivity contribution in [2.45, 2.75) is 26.2 Å². The van der Waals surface area contributed by atoms with Crippen molar-refractivity contribution in [1.29, 1.82) is 0 Å². The average molecular weight is 373 g/mol. The summed E-state index contributed by atoms with van der Waals surface area (Å²) in [6, 6.07) is 0. The van der Waals surface area contributed by atoms with Gasteiger partial charge in [0.1, 0.15) is 0 Å². The molecule has 1 aliphatic heterocycles. The molecular weight excluding hydrogens is 340 g/mol. The molecule has 7 heteroatoms. The van der Waals surface area contributed by atoms with Crippen LogP contribution in [0.2, 0.25) is 0 Å². The molecular formula is C18H32N2O4S. The van der Waals surface area contributed by atoms with Crippen LogP contribution in [-0.4, -0.2) is 81.6 Å². The van der Waals surface area contributed by atoms with E-state index in [0.717, 1.165) is 51.0 Å². The van der Waals surface area contributed by atoms with Crippen LogP contribution in [0.5, 0.6) is 0 Å². The third-order valence-electron chi connectivity index (χ3n) is 5.16. The molecule has 1 atom stereocenters. The molecule has 0 unspecified atom stereocenters. The molecule has 0 amide bonds. The van der Waals surface area contributed by atoms with Crippen LogP contribution in [0.15, 0.2) is 23.8 Å². The van der Waals surface area contributed by atoms with E-state index in [2.05, 4.69) is 22.5 Å². The minimum Gasteiger partial charge on any atom is -0.395 e. The van der Waals surface area contributed by atoms with Crippen LogP contribution in [-0.2, 0) is 14.3 Å². The van der Waals surface area contributed by atoms with E-state index < -0.39 is 10.1 Å². The molecule has 0 radical (unpaired) electrons. The van der Waals surface area contributed by atoms with Gasteiger partial charge in [-0.15, -0.1) is 0 Å². The lowest BCUT2D eigenvalue weighted by molar-refractivity contribution is 0.116. The van der Waals surface area contributed by atoms with Crippen molar-refractivity contribution >= 4 is 10.1 Å². The molecule has 0 aromatic carbocycles. The van der Waals surface area contributed by atoms with Crippen molar-refractivity contribution in [3.63, 3.8) is 0 Å². The minimum absolute atomic E-state index is 0.0364. The highest BCUT2D eigenvalue weighted by Crippen LogP contribution is 2.28. The second-order valence-corrected chi connectivity index (χ2v) is 8.87. The molecule has 1 heterocycles. The monoisotopic (exact) mass is 372 g/mol. The molecule has 0 aromatic rings. The van der Waals surface area contributed by atoms with Crippen molar-refractivity contribution in [3.8, 4) is 0 Å². The number of aliphatic hydroxyl groups is 1. The van der Waals surface area contributed by atoms with Crippen LogP contribution in [0.25, 0.3) is 0 Å². The second kappa shape index (κ2) is 9.83. The molecule has 1 aliphatic carbocycles. The van der Waals surface area contributed by atoms with Crippen LogP contribution in [0.3, 0.4) is 0 Å². The highest BCUT2D eigenvalue weighted by atomic mass is 32.2. The van der Waals surface area contributed by atoms with Crippen molar-refractivity contribution in [2.75, 3.05) is 58.2 Å². The predicted octanol–water partition coefficient (Wildman–Crippen LogP) is 1.25. The molecule has 25 heavy (non-hydrogen) atoms. The summed E-state index contributed by atoms with van der Waals surface area (Å²) in [5.74, 6) is 0.555. The average Bonchev–Trinajstić information content (AvgIpc) is 2.60. The first-order chi connectivity index (χ1) is 11.9. The Labute approximate surface area is 152 Å². The Balaban J connectivity index is 1.68. The zero-order chi connectivity index (χ0) is 18.3. The molecule has 2 aliphatic rings. The standard InChI is InChI=1S/C18H32N2O4S/c1-16(2)18-5-3-17(4-6-18)15-24-25(22,23)14-12-20-9-7-19(8-10-20)11-13-21/h3,18,21H,1,4-15H2,2H3/t18-/m1/s1. The van der Waals surface area contributed by atoms with Gasteiger partial charge in [0.25, 0.3) is 10.1 Å². The van der Waals surface area contributed by atoms with E-state index in [1.807, 2.05) is 6.92 Å². The highest BCUT2D eigenvalue weighted by molar-refractivity contribution is 7.86. The Morgan fingerprint density at radius 1 is 1.28 bits per heavy atom. The largest absolute Gasteiger partial charge is 0.395 e. The summed E-state index contributed by atoms with van der Waals surface area (Å²) in [5.41, 5.74) is 2.28. The smallest absolute Gasteiger partial charge is 0.268 e. The lowest BCUT2D eigenvalue weighted by Gasteiger charge is -2.34. The Morgan fingerprint density at radius 2 is 1.92 bits per heavy atom. The number of allylic oxidation sites excluding steroid dienone is 2. The fourth-order valence-electron chi connectivity index (χ4n) is 3.31. The summed E-state index contributed by atoms with van der Waals surface area (Å²) in [7, 11) is -3.49. The first-order valence-corrected chi connectivity index (χ1v) is 10.7. The number of hydrogen-bond donors (Lipinski definition) is 1. The SMILES string of the molecule is C=C(C)[C@@H]1CC=C(COS(=O)(=O)CCN2CCN(CCO)CC2)CC1. The van der Waals surface area contributed by atoms with Crippen molar-refractivity contribution < 1.29 is 17.7 Å². The molecule has 1 fully saturated rings. The van der Waals surface area contributed by atoms with Crippen molar-refractivity contribution in [2.24, 2.45) is 5.92 Å². The zero-order valence-electron chi connectivity index (χ0n) is 15.3. The van der Waals surface area contributed by atoms with Crippen LogP contribution >= 0.6 is 0 Å². The molecule has 2 rings (SSSR count). The third kappa shape index (κ3) is 7.19. The van der Waals surface area contributed by atoms with Gasteiger partial charge in [0.2, 0.25) is 0 Å². The Hall–Kier alpha value is -0.730. The number of nitrogens with zero attached hydrogens (tertiary/aromatic N) is 2. The van der Waals surface area contributed by atoms with E-state index in [9.17, 15) is 8.42 Å².